The van der Waals surface area contributed by atoms with Crippen molar-refractivity contribution in [3.05, 3.63) is 53.3 Å². The molecule has 1 heterocycles. The Kier molecular flexibility index (Phi) is 6.33. The van der Waals surface area contributed by atoms with Gasteiger partial charge < -0.3 is 18.9 Å². The van der Waals surface area contributed by atoms with Gasteiger partial charge in [-0.05, 0) is 18.2 Å². The first-order chi connectivity index (χ1) is 14.1. The second-order valence-electron chi connectivity index (χ2n) is 5.88. The molecule has 3 rings (SSSR count). The number of hydrogen-bond acceptors (Lipinski definition) is 7. The number of hydrogen-bond donors (Lipinski definition) is 0. The number of methoxy groups -OCH3 is 4. The van der Waals surface area contributed by atoms with Crippen molar-refractivity contribution >= 4 is 22.7 Å². The molecule has 8 heteroatoms. The fraction of sp³-hybridized carbons (Fsp3) is 0.238. The van der Waals surface area contributed by atoms with Crippen LogP contribution in [0.2, 0.25) is 0 Å². The van der Waals surface area contributed by atoms with Crippen molar-refractivity contribution in [1.29, 1.82) is 0 Å². The Bertz CT molecular complexity index is 1110. The van der Waals surface area contributed by atoms with E-state index in [1.807, 2.05) is 18.2 Å². The summed E-state index contributed by atoms with van der Waals surface area (Å²) < 4.78 is 23.2. The van der Waals surface area contributed by atoms with Crippen LogP contribution in [0.15, 0.2) is 52.9 Å². The van der Waals surface area contributed by atoms with Crippen LogP contribution in [-0.2, 0) is 0 Å². The molecule has 0 fully saturated rings. The maximum Gasteiger partial charge on any atom is 0.266 e. The van der Waals surface area contributed by atoms with E-state index in [2.05, 4.69) is 6.58 Å². The van der Waals surface area contributed by atoms with Gasteiger partial charge in [0.2, 0.25) is 5.75 Å². The van der Waals surface area contributed by atoms with E-state index >= 15 is 0 Å². The highest BCUT2D eigenvalue weighted by atomic mass is 32.2. The van der Waals surface area contributed by atoms with Gasteiger partial charge in [-0.25, -0.2) is 4.98 Å². The van der Waals surface area contributed by atoms with Crippen molar-refractivity contribution in [1.82, 2.24) is 9.55 Å². The maximum absolute atomic E-state index is 13.5. The van der Waals surface area contributed by atoms with Gasteiger partial charge in [0.05, 0.1) is 39.5 Å². The fourth-order valence-corrected chi connectivity index (χ4v) is 3.72. The summed E-state index contributed by atoms with van der Waals surface area (Å²) in [4.78, 5) is 18.3. The number of ether oxygens (including phenoxy) is 4. The van der Waals surface area contributed by atoms with Gasteiger partial charge in [0.25, 0.3) is 5.56 Å². The van der Waals surface area contributed by atoms with Crippen molar-refractivity contribution in [3.63, 3.8) is 0 Å². The van der Waals surface area contributed by atoms with Gasteiger partial charge in [0.1, 0.15) is 11.3 Å². The van der Waals surface area contributed by atoms with Crippen molar-refractivity contribution < 1.29 is 18.9 Å². The molecule has 152 valence electrons. The minimum Gasteiger partial charge on any atom is -0.497 e. The predicted octanol–water partition coefficient (Wildman–Crippen LogP) is 3.70. The Hall–Kier alpha value is -3.13. The fourth-order valence-electron chi connectivity index (χ4n) is 2.98. The van der Waals surface area contributed by atoms with Gasteiger partial charge in [0, 0.05) is 11.8 Å². The lowest BCUT2D eigenvalue weighted by atomic mass is 10.2. The third kappa shape index (κ3) is 3.75. The van der Waals surface area contributed by atoms with Crippen LogP contribution in [-0.4, -0.2) is 43.7 Å². The van der Waals surface area contributed by atoms with Gasteiger partial charge in [-0.15, -0.1) is 6.58 Å². The van der Waals surface area contributed by atoms with Crippen LogP contribution in [0.5, 0.6) is 23.0 Å². The Morgan fingerprint density at radius 3 is 2.45 bits per heavy atom. The van der Waals surface area contributed by atoms with Gasteiger partial charge in [-0.1, -0.05) is 23.9 Å². The number of benzene rings is 2. The van der Waals surface area contributed by atoms with Crippen molar-refractivity contribution in [2.45, 2.75) is 5.16 Å². The summed E-state index contributed by atoms with van der Waals surface area (Å²) in [5, 5.41) is 0.853. The average molecular weight is 414 g/mol. The summed E-state index contributed by atoms with van der Waals surface area (Å²) in [5.74, 6) is 2.33. The first-order valence-corrected chi connectivity index (χ1v) is 9.72. The Morgan fingerprint density at radius 2 is 1.83 bits per heavy atom. The summed E-state index contributed by atoms with van der Waals surface area (Å²) in [5.41, 5.74) is 0.791. The normalized spacial score (nSPS) is 10.6. The SMILES string of the molecule is C=CCSc1nc2c(OC)c(OC)c(OC)cc2c(=O)n1-c1cccc(OC)c1. The summed E-state index contributed by atoms with van der Waals surface area (Å²) in [6.07, 6.45) is 1.75. The third-order valence-electron chi connectivity index (χ3n) is 4.28. The van der Waals surface area contributed by atoms with E-state index in [4.69, 9.17) is 23.9 Å². The highest BCUT2D eigenvalue weighted by molar-refractivity contribution is 7.99. The number of nitrogens with zero attached hydrogens (tertiary/aromatic N) is 2. The summed E-state index contributed by atoms with van der Waals surface area (Å²) in [6.45, 7) is 3.76. The Morgan fingerprint density at radius 1 is 1.07 bits per heavy atom. The van der Waals surface area contributed by atoms with E-state index in [0.29, 0.717) is 50.5 Å². The van der Waals surface area contributed by atoms with Crippen molar-refractivity contribution in [2.75, 3.05) is 34.2 Å². The first-order valence-electron chi connectivity index (χ1n) is 8.73. The maximum atomic E-state index is 13.5. The zero-order valence-corrected chi connectivity index (χ0v) is 17.5. The van der Waals surface area contributed by atoms with Crippen LogP contribution < -0.4 is 24.5 Å². The van der Waals surface area contributed by atoms with E-state index < -0.39 is 0 Å². The molecule has 0 N–H and O–H groups in total. The smallest absolute Gasteiger partial charge is 0.266 e. The molecule has 0 bridgehead atoms. The lowest BCUT2D eigenvalue weighted by molar-refractivity contribution is 0.326. The Balaban J connectivity index is 2.42. The average Bonchev–Trinajstić information content (AvgIpc) is 2.76. The Labute approximate surface area is 172 Å². The molecule has 0 radical (unpaired) electrons. The van der Waals surface area contributed by atoms with E-state index in [1.54, 1.807) is 29.9 Å². The molecule has 0 saturated carbocycles. The lowest BCUT2D eigenvalue weighted by Gasteiger charge is -2.17. The molecule has 2 aromatic carbocycles. The van der Waals surface area contributed by atoms with Crippen LogP contribution in [0.3, 0.4) is 0 Å². The topological polar surface area (TPSA) is 71.8 Å². The van der Waals surface area contributed by atoms with Gasteiger partial charge in [-0.2, -0.15) is 0 Å². The largest absolute Gasteiger partial charge is 0.497 e. The standard InChI is InChI=1S/C21H22N2O5S/c1-6-10-29-21-22-17-15(12-16(26-3)18(27-4)19(17)28-5)20(24)23(21)13-8-7-9-14(11-13)25-2/h6-9,11-12H,1,10H2,2-5H3. The molecular weight excluding hydrogens is 392 g/mol. The van der Waals surface area contributed by atoms with Crippen molar-refractivity contribution in [2.24, 2.45) is 0 Å². The summed E-state index contributed by atoms with van der Waals surface area (Å²) in [6, 6.07) is 8.86. The molecule has 0 aliphatic rings. The number of fused-ring (bicyclic) bond motifs is 1. The van der Waals surface area contributed by atoms with Gasteiger partial charge in [0.15, 0.2) is 16.7 Å². The summed E-state index contributed by atoms with van der Waals surface area (Å²) >= 11 is 1.39. The van der Waals surface area contributed by atoms with Gasteiger partial charge in [-0.3, -0.25) is 9.36 Å². The molecular formula is C21H22N2O5S. The van der Waals surface area contributed by atoms with Crippen molar-refractivity contribution in [3.8, 4) is 28.7 Å². The molecule has 3 aromatic rings. The quantitative estimate of drug-likeness (QED) is 0.316. The number of rotatable bonds is 8. The lowest BCUT2D eigenvalue weighted by Crippen LogP contribution is -2.22. The van der Waals surface area contributed by atoms with Crippen LogP contribution in [0.4, 0.5) is 0 Å². The van der Waals surface area contributed by atoms with E-state index in [9.17, 15) is 4.79 Å². The molecule has 0 aliphatic carbocycles. The molecule has 7 nitrogen and oxygen atoms in total. The second kappa shape index (κ2) is 8.91. The third-order valence-corrected chi connectivity index (χ3v) is 5.21. The van der Waals surface area contributed by atoms with E-state index in [-0.39, 0.29) is 5.56 Å². The zero-order valence-electron chi connectivity index (χ0n) is 16.7. The second-order valence-corrected chi connectivity index (χ2v) is 6.86. The monoisotopic (exact) mass is 414 g/mol. The molecule has 0 atom stereocenters. The highest BCUT2D eigenvalue weighted by Gasteiger charge is 2.22. The van der Waals surface area contributed by atoms with Crippen LogP contribution >= 0.6 is 11.8 Å². The van der Waals surface area contributed by atoms with E-state index in [0.717, 1.165) is 0 Å². The molecule has 0 amide bonds. The first kappa shape index (κ1) is 20.6. The highest BCUT2D eigenvalue weighted by Crippen LogP contribution is 2.42. The van der Waals surface area contributed by atoms with Crippen LogP contribution in [0.1, 0.15) is 0 Å². The van der Waals surface area contributed by atoms with Crippen LogP contribution in [0, 0.1) is 0 Å². The molecule has 0 spiro atoms. The minimum absolute atomic E-state index is 0.255. The molecule has 0 aliphatic heterocycles. The minimum atomic E-state index is -0.255. The number of aromatic nitrogens is 2. The molecule has 1 aromatic heterocycles. The molecule has 0 unspecified atom stereocenters. The van der Waals surface area contributed by atoms with Crippen LogP contribution in [0.25, 0.3) is 16.6 Å². The molecule has 29 heavy (non-hydrogen) atoms. The van der Waals surface area contributed by atoms with Gasteiger partial charge >= 0.3 is 0 Å². The number of thioether (sulfide) groups is 1. The predicted molar refractivity (Wildman–Crippen MR) is 114 cm³/mol. The van der Waals surface area contributed by atoms with E-state index in [1.165, 1.54) is 33.1 Å². The molecule has 0 saturated heterocycles. The summed E-state index contributed by atoms with van der Waals surface area (Å²) in [7, 11) is 6.10. The zero-order chi connectivity index (χ0) is 21.0.